The van der Waals surface area contributed by atoms with Gasteiger partial charge in [-0.3, -0.25) is 4.79 Å². The van der Waals surface area contributed by atoms with Gasteiger partial charge >= 0.3 is 0 Å². The molecule has 0 spiro atoms. The molecule has 20 heavy (non-hydrogen) atoms. The average molecular weight is 297 g/mol. The van der Waals surface area contributed by atoms with E-state index in [0.717, 1.165) is 11.5 Å². The van der Waals surface area contributed by atoms with Crippen LogP contribution in [0.15, 0.2) is 24.3 Å². The van der Waals surface area contributed by atoms with Gasteiger partial charge in [-0.15, -0.1) is 0 Å². The van der Waals surface area contributed by atoms with Crippen LogP contribution < -0.4 is 5.32 Å². The van der Waals surface area contributed by atoms with E-state index in [4.69, 9.17) is 0 Å². The standard InChI is InChI=1S/C15H20FNO2S/c1-11(12-3-2-4-13(16)9-12)14(18)17-10-15(19)5-7-20-8-6-15/h2-4,9,11,19H,5-8,10H2,1H3,(H,17,18). The molecule has 5 heteroatoms. The van der Waals surface area contributed by atoms with Gasteiger partial charge in [0.15, 0.2) is 0 Å². The second-order valence-corrected chi connectivity index (χ2v) is 6.56. The molecule has 1 saturated heterocycles. The molecule has 3 nitrogen and oxygen atoms in total. The average Bonchev–Trinajstić information content (AvgIpc) is 2.45. The molecule has 0 radical (unpaired) electrons. The van der Waals surface area contributed by atoms with Gasteiger partial charge in [0.2, 0.25) is 5.91 Å². The molecule has 1 aromatic carbocycles. The van der Waals surface area contributed by atoms with E-state index < -0.39 is 11.5 Å². The number of benzene rings is 1. The van der Waals surface area contributed by atoms with E-state index in [1.807, 2.05) is 11.8 Å². The fraction of sp³-hybridized carbons (Fsp3) is 0.533. The highest BCUT2D eigenvalue weighted by atomic mass is 32.2. The molecule has 0 aromatic heterocycles. The minimum Gasteiger partial charge on any atom is -0.388 e. The van der Waals surface area contributed by atoms with Crippen LogP contribution in [0.2, 0.25) is 0 Å². The first kappa shape index (κ1) is 15.3. The SMILES string of the molecule is CC(C(=O)NCC1(O)CCSCC1)c1cccc(F)c1. The summed E-state index contributed by atoms with van der Waals surface area (Å²) in [4.78, 5) is 12.1. The van der Waals surface area contributed by atoms with Crippen LogP contribution in [0, 0.1) is 5.82 Å². The molecule has 1 aliphatic heterocycles. The van der Waals surface area contributed by atoms with Gasteiger partial charge in [0.25, 0.3) is 0 Å². The van der Waals surface area contributed by atoms with Crippen molar-refractivity contribution in [1.29, 1.82) is 0 Å². The molecule has 0 aliphatic carbocycles. The summed E-state index contributed by atoms with van der Waals surface area (Å²) < 4.78 is 13.2. The van der Waals surface area contributed by atoms with Crippen molar-refractivity contribution in [2.45, 2.75) is 31.3 Å². The van der Waals surface area contributed by atoms with Crippen LogP contribution in [0.3, 0.4) is 0 Å². The predicted octanol–water partition coefficient (Wildman–Crippen LogP) is 2.30. The molecule has 0 saturated carbocycles. The van der Waals surface area contributed by atoms with Gasteiger partial charge in [-0.1, -0.05) is 12.1 Å². The fourth-order valence-corrected chi connectivity index (χ4v) is 3.51. The second-order valence-electron chi connectivity index (χ2n) is 5.33. The van der Waals surface area contributed by atoms with E-state index in [9.17, 15) is 14.3 Å². The van der Waals surface area contributed by atoms with Crippen LogP contribution in [-0.2, 0) is 4.79 Å². The van der Waals surface area contributed by atoms with Gasteiger partial charge in [-0.25, -0.2) is 4.39 Å². The Hall–Kier alpha value is -1.07. The monoisotopic (exact) mass is 297 g/mol. The zero-order valence-electron chi connectivity index (χ0n) is 11.6. The summed E-state index contributed by atoms with van der Waals surface area (Å²) in [6.45, 7) is 2.01. The molecule has 2 rings (SSSR count). The van der Waals surface area contributed by atoms with Crippen LogP contribution >= 0.6 is 11.8 Å². The highest BCUT2D eigenvalue weighted by Crippen LogP contribution is 2.26. The van der Waals surface area contributed by atoms with Crippen LogP contribution in [0.5, 0.6) is 0 Å². The van der Waals surface area contributed by atoms with E-state index in [1.54, 1.807) is 19.1 Å². The molecule has 2 N–H and O–H groups in total. The number of carbonyl (C=O) groups excluding carboxylic acids is 1. The number of aliphatic hydroxyl groups is 1. The lowest BCUT2D eigenvalue weighted by Crippen LogP contribution is -2.46. The Balaban J connectivity index is 1.91. The largest absolute Gasteiger partial charge is 0.388 e. The highest BCUT2D eigenvalue weighted by molar-refractivity contribution is 7.99. The zero-order valence-corrected chi connectivity index (χ0v) is 12.4. The number of amides is 1. The van der Waals surface area contributed by atoms with Crippen molar-refractivity contribution in [3.63, 3.8) is 0 Å². The summed E-state index contributed by atoms with van der Waals surface area (Å²) in [5.41, 5.74) is -0.142. The Labute approximate surface area is 123 Å². The van der Waals surface area contributed by atoms with Crippen molar-refractivity contribution in [2.24, 2.45) is 0 Å². The van der Waals surface area contributed by atoms with Gasteiger partial charge in [0, 0.05) is 6.54 Å². The normalized spacial score (nSPS) is 19.4. The molecule has 1 aromatic rings. The summed E-state index contributed by atoms with van der Waals surface area (Å²) in [5, 5.41) is 13.1. The second kappa shape index (κ2) is 6.59. The molecule has 110 valence electrons. The van der Waals surface area contributed by atoms with Crippen molar-refractivity contribution in [3.05, 3.63) is 35.6 Å². The van der Waals surface area contributed by atoms with Crippen molar-refractivity contribution in [1.82, 2.24) is 5.32 Å². The summed E-state index contributed by atoms with van der Waals surface area (Å²) in [7, 11) is 0. The molecule has 1 fully saturated rings. The molecular weight excluding hydrogens is 277 g/mol. The van der Waals surface area contributed by atoms with Crippen LogP contribution in [0.25, 0.3) is 0 Å². The lowest BCUT2D eigenvalue weighted by Gasteiger charge is -2.32. The smallest absolute Gasteiger partial charge is 0.227 e. The molecule has 0 bridgehead atoms. The first-order chi connectivity index (χ1) is 9.50. The zero-order chi connectivity index (χ0) is 14.6. The van der Waals surface area contributed by atoms with Gasteiger partial charge < -0.3 is 10.4 Å². The third-order valence-corrected chi connectivity index (χ3v) is 4.74. The number of nitrogens with one attached hydrogen (secondary N) is 1. The number of thioether (sulfide) groups is 1. The predicted molar refractivity (Wildman–Crippen MR) is 79.3 cm³/mol. The topological polar surface area (TPSA) is 49.3 Å². The Kier molecular flexibility index (Phi) is 5.05. The van der Waals surface area contributed by atoms with E-state index >= 15 is 0 Å². The molecule has 1 heterocycles. The van der Waals surface area contributed by atoms with E-state index in [2.05, 4.69) is 5.32 Å². The summed E-state index contributed by atoms with van der Waals surface area (Å²) in [5.74, 6) is 0.900. The quantitative estimate of drug-likeness (QED) is 0.896. The van der Waals surface area contributed by atoms with Gasteiger partial charge in [0.05, 0.1) is 11.5 Å². The van der Waals surface area contributed by atoms with Gasteiger partial charge in [-0.05, 0) is 49.0 Å². The minimum absolute atomic E-state index is 0.178. The van der Waals surface area contributed by atoms with Gasteiger partial charge in [0.1, 0.15) is 5.82 Å². The lowest BCUT2D eigenvalue weighted by atomic mass is 9.95. The van der Waals surface area contributed by atoms with E-state index in [1.165, 1.54) is 12.1 Å². The summed E-state index contributed by atoms with van der Waals surface area (Å²) in [6.07, 6.45) is 1.40. The molecule has 1 amide bonds. The van der Waals surface area contributed by atoms with Crippen molar-refractivity contribution in [3.8, 4) is 0 Å². The maximum absolute atomic E-state index is 13.2. The molecular formula is C15H20FNO2S. The van der Waals surface area contributed by atoms with Crippen molar-refractivity contribution >= 4 is 17.7 Å². The Morgan fingerprint density at radius 1 is 1.50 bits per heavy atom. The molecule has 1 atom stereocenters. The first-order valence-electron chi connectivity index (χ1n) is 6.83. The third-order valence-electron chi connectivity index (χ3n) is 3.76. The maximum Gasteiger partial charge on any atom is 0.227 e. The fourth-order valence-electron chi connectivity index (χ4n) is 2.26. The van der Waals surface area contributed by atoms with Crippen LogP contribution in [-0.4, -0.2) is 34.7 Å². The number of hydrogen-bond donors (Lipinski definition) is 2. The van der Waals surface area contributed by atoms with Crippen LogP contribution in [0.4, 0.5) is 4.39 Å². The highest BCUT2D eigenvalue weighted by Gasteiger charge is 2.30. The molecule has 1 unspecified atom stereocenters. The Bertz CT molecular complexity index is 475. The summed E-state index contributed by atoms with van der Waals surface area (Å²) >= 11 is 1.82. The van der Waals surface area contributed by atoms with Crippen molar-refractivity contribution in [2.75, 3.05) is 18.1 Å². The maximum atomic E-state index is 13.2. The third kappa shape index (κ3) is 3.96. The lowest BCUT2D eigenvalue weighted by molar-refractivity contribution is -0.123. The number of halogens is 1. The minimum atomic E-state index is -0.789. The van der Waals surface area contributed by atoms with Gasteiger partial charge in [-0.2, -0.15) is 11.8 Å². The Morgan fingerprint density at radius 3 is 2.85 bits per heavy atom. The van der Waals surface area contributed by atoms with E-state index in [0.29, 0.717) is 18.4 Å². The first-order valence-corrected chi connectivity index (χ1v) is 7.99. The van der Waals surface area contributed by atoms with Crippen LogP contribution in [0.1, 0.15) is 31.2 Å². The number of hydrogen-bond acceptors (Lipinski definition) is 3. The summed E-state index contributed by atoms with van der Waals surface area (Å²) in [6, 6.07) is 6.06. The van der Waals surface area contributed by atoms with Crippen molar-refractivity contribution < 1.29 is 14.3 Å². The molecule has 1 aliphatic rings. The van der Waals surface area contributed by atoms with E-state index in [-0.39, 0.29) is 18.3 Å². The number of rotatable bonds is 4. The Morgan fingerprint density at radius 2 is 2.20 bits per heavy atom. The number of carbonyl (C=O) groups is 1.